The lowest BCUT2D eigenvalue weighted by molar-refractivity contribution is 0.0948. The summed E-state index contributed by atoms with van der Waals surface area (Å²) in [6.45, 7) is 7.05. The fourth-order valence-corrected chi connectivity index (χ4v) is 1.17. The van der Waals surface area contributed by atoms with Crippen LogP contribution < -0.4 is 5.32 Å². The Bertz CT molecular complexity index is 249. The molecule has 86 valence electrons. The van der Waals surface area contributed by atoms with Crippen LogP contribution in [0.3, 0.4) is 0 Å². The molecule has 1 amide bonds. The van der Waals surface area contributed by atoms with Gasteiger partial charge in [0.2, 0.25) is 0 Å². The number of carbonyl (C=O) groups is 1. The van der Waals surface area contributed by atoms with Gasteiger partial charge in [-0.05, 0) is 18.0 Å². The predicted octanol–water partition coefficient (Wildman–Crippen LogP) is 2.48. The second-order valence-electron chi connectivity index (χ2n) is 3.11. The van der Waals surface area contributed by atoms with Gasteiger partial charge < -0.3 is 5.32 Å². The highest BCUT2D eigenvalue weighted by atomic mass is 32.1. The van der Waals surface area contributed by atoms with Crippen molar-refractivity contribution in [3.05, 3.63) is 11.1 Å². The van der Waals surface area contributed by atoms with E-state index in [1.807, 2.05) is 0 Å². The molecule has 0 saturated heterocycles. The van der Waals surface area contributed by atoms with Crippen LogP contribution in [0.5, 0.6) is 0 Å². The molecule has 15 heavy (non-hydrogen) atoms. The van der Waals surface area contributed by atoms with Crippen LogP contribution in [0.1, 0.15) is 50.5 Å². The second-order valence-corrected chi connectivity index (χ2v) is 3.72. The van der Waals surface area contributed by atoms with Gasteiger partial charge >= 0.3 is 0 Å². The Kier molecular flexibility index (Phi) is 8.96. The molecule has 1 aromatic heterocycles. The largest absolute Gasteiger partial charge is 0.351 e. The zero-order valence-corrected chi connectivity index (χ0v) is 10.4. The fourth-order valence-electron chi connectivity index (χ4n) is 0.733. The first-order valence-corrected chi connectivity index (χ1v) is 6.15. The minimum Gasteiger partial charge on any atom is -0.351 e. The van der Waals surface area contributed by atoms with Gasteiger partial charge in [0.25, 0.3) is 5.91 Å². The van der Waals surface area contributed by atoms with Crippen molar-refractivity contribution in [3.8, 4) is 0 Å². The SMILES string of the molecule is CCC.CCCCNC(=O)c1csnn1. The second kappa shape index (κ2) is 9.58. The van der Waals surface area contributed by atoms with Gasteiger partial charge in [-0.1, -0.05) is 38.1 Å². The Morgan fingerprint density at radius 3 is 2.60 bits per heavy atom. The van der Waals surface area contributed by atoms with E-state index in [0.717, 1.165) is 12.8 Å². The van der Waals surface area contributed by atoms with Gasteiger partial charge in [-0.15, -0.1) is 5.10 Å². The molecule has 0 aromatic carbocycles. The van der Waals surface area contributed by atoms with Crippen molar-refractivity contribution >= 4 is 17.4 Å². The van der Waals surface area contributed by atoms with Crippen molar-refractivity contribution in [2.24, 2.45) is 0 Å². The Labute approximate surface area is 95.3 Å². The minimum absolute atomic E-state index is 0.128. The third-order valence-corrected chi connectivity index (χ3v) is 1.91. The molecular weight excluding hydrogens is 210 g/mol. The Morgan fingerprint density at radius 2 is 2.13 bits per heavy atom. The third-order valence-electron chi connectivity index (χ3n) is 1.41. The smallest absolute Gasteiger partial charge is 0.272 e. The number of nitrogens with one attached hydrogen (secondary N) is 1. The van der Waals surface area contributed by atoms with Crippen LogP contribution >= 0.6 is 11.5 Å². The fraction of sp³-hybridized carbons (Fsp3) is 0.700. The zero-order valence-electron chi connectivity index (χ0n) is 9.62. The summed E-state index contributed by atoms with van der Waals surface area (Å²) in [5, 5.41) is 8.04. The molecule has 0 unspecified atom stereocenters. The van der Waals surface area contributed by atoms with Crippen LogP contribution in [-0.4, -0.2) is 22.0 Å². The third kappa shape index (κ3) is 7.02. The van der Waals surface area contributed by atoms with E-state index < -0.39 is 0 Å². The predicted molar refractivity (Wildman–Crippen MR) is 63.1 cm³/mol. The lowest BCUT2D eigenvalue weighted by Gasteiger charge is -1.99. The Balaban J connectivity index is 0.000000583. The minimum atomic E-state index is -0.128. The molecule has 5 heteroatoms. The van der Waals surface area contributed by atoms with E-state index in [4.69, 9.17) is 0 Å². The van der Waals surface area contributed by atoms with Gasteiger partial charge in [0.1, 0.15) is 0 Å². The normalized spacial score (nSPS) is 9.00. The summed E-state index contributed by atoms with van der Waals surface area (Å²) in [6.07, 6.45) is 3.33. The Hall–Kier alpha value is -0.970. The molecule has 0 atom stereocenters. The first kappa shape index (κ1) is 14.0. The van der Waals surface area contributed by atoms with Crippen LogP contribution in [0.4, 0.5) is 0 Å². The van der Waals surface area contributed by atoms with Gasteiger partial charge in [0, 0.05) is 11.9 Å². The van der Waals surface area contributed by atoms with E-state index >= 15 is 0 Å². The number of rotatable bonds is 4. The maximum absolute atomic E-state index is 11.2. The summed E-state index contributed by atoms with van der Waals surface area (Å²) < 4.78 is 3.60. The Morgan fingerprint density at radius 1 is 1.47 bits per heavy atom. The molecular formula is C10H19N3OS. The van der Waals surface area contributed by atoms with E-state index in [2.05, 4.69) is 35.7 Å². The summed E-state index contributed by atoms with van der Waals surface area (Å²) in [5.41, 5.74) is 0.413. The molecule has 0 spiro atoms. The van der Waals surface area contributed by atoms with Crippen molar-refractivity contribution < 1.29 is 4.79 Å². The number of aromatic nitrogens is 2. The summed E-state index contributed by atoms with van der Waals surface area (Å²) in [6, 6.07) is 0. The van der Waals surface area contributed by atoms with Crippen molar-refractivity contribution in [1.29, 1.82) is 0 Å². The molecule has 4 nitrogen and oxygen atoms in total. The highest BCUT2D eigenvalue weighted by Crippen LogP contribution is 1.96. The topological polar surface area (TPSA) is 54.9 Å². The van der Waals surface area contributed by atoms with Gasteiger partial charge in [-0.2, -0.15) is 0 Å². The highest BCUT2D eigenvalue weighted by molar-refractivity contribution is 7.03. The van der Waals surface area contributed by atoms with Crippen LogP contribution in [0.25, 0.3) is 0 Å². The van der Waals surface area contributed by atoms with E-state index in [0.29, 0.717) is 12.2 Å². The average Bonchev–Trinajstić information content (AvgIpc) is 2.72. The highest BCUT2D eigenvalue weighted by Gasteiger charge is 2.06. The first-order chi connectivity index (χ1) is 7.26. The summed E-state index contributed by atoms with van der Waals surface area (Å²) >= 11 is 1.19. The molecule has 1 aromatic rings. The molecule has 0 fully saturated rings. The van der Waals surface area contributed by atoms with Crippen LogP contribution in [0.2, 0.25) is 0 Å². The van der Waals surface area contributed by atoms with Gasteiger partial charge in [0.15, 0.2) is 5.69 Å². The van der Waals surface area contributed by atoms with Crippen LogP contribution in [-0.2, 0) is 0 Å². The van der Waals surface area contributed by atoms with Gasteiger partial charge in [-0.25, -0.2) is 0 Å². The molecule has 0 aliphatic heterocycles. The number of hydrogen-bond donors (Lipinski definition) is 1. The van der Waals surface area contributed by atoms with Crippen molar-refractivity contribution in [2.75, 3.05) is 6.54 Å². The van der Waals surface area contributed by atoms with Crippen LogP contribution in [0, 0.1) is 0 Å². The molecule has 0 aliphatic rings. The molecule has 0 aliphatic carbocycles. The molecule has 0 saturated carbocycles. The maximum atomic E-state index is 11.2. The van der Waals surface area contributed by atoms with Crippen molar-refractivity contribution in [2.45, 2.75) is 40.0 Å². The quantitative estimate of drug-likeness (QED) is 0.807. The molecule has 0 bridgehead atoms. The number of amides is 1. The van der Waals surface area contributed by atoms with E-state index in [-0.39, 0.29) is 5.91 Å². The summed E-state index contributed by atoms with van der Waals surface area (Å²) in [4.78, 5) is 11.2. The van der Waals surface area contributed by atoms with Crippen molar-refractivity contribution in [1.82, 2.24) is 14.9 Å². The lowest BCUT2D eigenvalue weighted by Crippen LogP contribution is -2.24. The number of carbonyl (C=O) groups excluding carboxylic acids is 1. The van der Waals surface area contributed by atoms with E-state index in [1.165, 1.54) is 18.0 Å². The summed E-state index contributed by atoms with van der Waals surface area (Å²) in [7, 11) is 0. The van der Waals surface area contributed by atoms with Crippen molar-refractivity contribution in [3.63, 3.8) is 0 Å². The van der Waals surface area contributed by atoms with Gasteiger partial charge in [-0.3, -0.25) is 4.79 Å². The summed E-state index contributed by atoms with van der Waals surface area (Å²) in [5.74, 6) is -0.128. The number of nitrogens with zero attached hydrogens (tertiary/aromatic N) is 2. The standard InChI is InChI=1S/C7H11N3OS.C3H8/c1-2-3-4-8-7(11)6-5-12-10-9-6;1-3-2/h5H,2-4H2,1H3,(H,8,11);3H2,1-2H3. The monoisotopic (exact) mass is 229 g/mol. The average molecular weight is 229 g/mol. The molecule has 1 heterocycles. The number of unbranched alkanes of at least 4 members (excludes halogenated alkanes) is 1. The molecule has 1 N–H and O–H groups in total. The first-order valence-electron chi connectivity index (χ1n) is 5.31. The van der Waals surface area contributed by atoms with Crippen LogP contribution in [0.15, 0.2) is 5.38 Å². The number of hydrogen-bond acceptors (Lipinski definition) is 4. The van der Waals surface area contributed by atoms with E-state index in [9.17, 15) is 4.79 Å². The lowest BCUT2D eigenvalue weighted by atomic mass is 10.3. The molecule has 0 radical (unpaired) electrons. The van der Waals surface area contributed by atoms with Gasteiger partial charge in [0.05, 0.1) is 0 Å². The zero-order chi connectivity index (χ0) is 11.5. The maximum Gasteiger partial charge on any atom is 0.272 e. The van der Waals surface area contributed by atoms with E-state index in [1.54, 1.807) is 5.38 Å². The molecule has 1 rings (SSSR count).